The Labute approximate surface area is 170 Å². The molecule has 6 nitrogen and oxygen atoms in total. The Balaban J connectivity index is 1.58. The second-order valence-corrected chi connectivity index (χ2v) is 7.27. The van der Waals surface area contributed by atoms with E-state index in [2.05, 4.69) is 27.3 Å². The average Bonchev–Trinajstić information content (AvgIpc) is 2.78. The van der Waals surface area contributed by atoms with Gasteiger partial charge in [-0.3, -0.25) is 9.78 Å². The maximum Gasteiger partial charge on any atom is 0.272 e. The molecule has 4 rings (SSSR count). The summed E-state index contributed by atoms with van der Waals surface area (Å²) >= 11 is 0. The molecule has 3 heterocycles. The van der Waals surface area contributed by atoms with Gasteiger partial charge in [0.15, 0.2) is 0 Å². The van der Waals surface area contributed by atoms with Crippen molar-refractivity contribution in [2.45, 2.75) is 26.2 Å². The summed E-state index contributed by atoms with van der Waals surface area (Å²) in [6.07, 6.45) is 6.42. The number of amides is 1. The van der Waals surface area contributed by atoms with E-state index in [-0.39, 0.29) is 5.91 Å². The lowest BCUT2D eigenvalue weighted by Crippen LogP contribution is -2.35. The molecule has 0 atom stereocenters. The van der Waals surface area contributed by atoms with Crippen LogP contribution in [0.4, 0.5) is 0 Å². The minimum Gasteiger partial charge on any atom is -0.303 e. The molecule has 1 fully saturated rings. The number of likely N-dealkylation sites (tertiary alicyclic amines) is 1. The van der Waals surface area contributed by atoms with Crippen LogP contribution in [0, 0.1) is 0 Å². The zero-order chi connectivity index (χ0) is 20.1. The smallest absolute Gasteiger partial charge is 0.272 e. The number of benzene rings is 1. The van der Waals surface area contributed by atoms with Crippen molar-refractivity contribution in [1.82, 2.24) is 20.3 Å². The van der Waals surface area contributed by atoms with Crippen LogP contribution >= 0.6 is 0 Å². The largest absolute Gasteiger partial charge is 0.303 e. The standard InChI is InChI=1S/C23H25N5O/c1-2-13-28-14-9-18(10-15-28)26-27-23(29)20-16-22(17-7-11-24-12-8-17)25-21-6-4-3-5-19(20)21/h3-8,11-12,16H,2,9-10,13-15H2,1H3,(H,27,29). The van der Waals surface area contributed by atoms with Gasteiger partial charge in [0.1, 0.15) is 0 Å². The number of nitrogens with one attached hydrogen (secondary N) is 1. The lowest BCUT2D eigenvalue weighted by Gasteiger charge is -2.26. The van der Waals surface area contributed by atoms with Gasteiger partial charge >= 0.3 is 0 Å². The molecular weight excluding hydrogens is 362 g/mol. The number of pyridine rings is 2. The predicted octanol–water partition coefficient (Wildman–Crippen LogP) is 3.89. The van der Waals surface area contributed by atoms with Crippen LogP contribution in [0.5, 0.6) is 0 Å². The van der Waals surface area contributed by atoms with Gasteiger partial charge in [0.25, 0.3) is 5.91 Å². The van der Waals surface area contributed by atoms with Crippen molar-refractivity contribution >= 4 is 22.5 Å². The first-order valence-electron chi connectivity index (χ1n) is 10.1. The van der Waals surface area contributed by atoms with E-state index < -0.39 is 0 Å². The van der Waals surface area contributed by atoms with Crippen LogP contribution < -0.4 is 5.43 Å². The van der Waals surface area contributed by atoms with Crippen molar-refractivity contribution < 1.29 is 4.79 Å². The summed E-state index contributed by atoms with van der Waals surface area (Å²) in [5, 5.41) is 5.24. The molecule has 1 aliphatic heterocycles. The molecule has 1 saturated heterocycles. The van der Waals surface area contributed by atoms with Crippen molar-refractivity contribution in [1.29, 1.82) is 0 Å². The van der Waals surface area contributed by atoms with E-state index in [0.717, 1.165) is 66.8 Å². The molecule has 1 N–H and O–H groups in total. The Hall–Kier alpha value is -3.12. The van der Waals surface area contributed by atoms with E-state index >= 15 is 0 Å². The van der Waals surface area contributed by atoms with Gasteiger partial charge in [-0.1, -0.05) is 25.1 Å². The van der Waals surface area contributed by atoms with E-state index in [4.69, 9.17) is 4.98 Å². The quantitative estimate of drug-likeness (QED) is 0.674. The number of hydrogen-bond donors (Lipinski definition) is 1. The predicted molar refractivity (Wildman–Crippen MR) is 116 cm³/mol. The minimum atomic E-state index is -0.206. The molecular formula is C23H25N5O. The molecule has 6 heteroatoms. The Bertz CT molecular complexity index is 1020. The Kier molecular flexibility index (Phi) is 5.91. The fraction of sp³-hybridized carbons (Fsp3) is 0.304. The molecule has 1 aromatic carbocycles. The van der Waals surface area contributed by atoms with Gasteiger partial charge in [0, 0.05) is 55.0 Å². The summed E-state index contributed by atoms with van der Waals surface area (Å²) in [7, 11) is 0. The summed E-state index contributed by atoms with van der Waals surface area (Å²) in [6, 6.07) is 13.3. The third-order valence-corrected chi connectivity index (χ3v) is 5.23. The highest BCUT2D eigenvalue weighted by Gasteiger charge is 2.16. The molecule has 1 amide bonds. The zero-order valence-electron chi connectivity index (χ0n) is 16.6. The molecule has 0 spiro atoms. The van der Waals surface area contributed by atoms with Crippen molar-refractivity contribution in [2.24, 2.45) is 5.10 Å². The molecule has 29 heavy (non-hydrogen) atoms. The van der Waals surface area contributed by atoms with Crippen molar-refractivity contribution in [3.8, 4) is 11.3 Å². The third kappa shape index (κ3) is 4.49. The molecule has 0 radical (unpaired) electrons. The van der Waals surface area contributed by atoms with E-state index in [9.17, 15) is 4.79 Å². The molecule has 3 aromatic rings. The maximum absolute atomic E-state index is 13.0. The van der Waals surface area contributed by atoms with Crippen LogP contribution in [0.25, 0.3) is 22.2 Å². The van der Waals surface area contributed by atoms with Gasteiger partial charge < -0.3 is 4.90 Å². The second kappa shape index (κ2) is 8.92. The molecule has 1 aliphatic rings. The fourth-order valence-electron chi connectivity index (χ4n) is 3.69. The van der Waals surface area contributed by atoms with Gasteiger partial charge in [0.2, 0.25) is 0 Å². The van der Waals surface area contributed by atoms with E-state index in [0.29, 0.717) is 5.56 Å². The number of piperidine rings is 1. The number of hydrogen-bond acceptors (Lipinski definition) is 5. The molecule has 0 unspecified atom stereocenters. The van der Waals surface area contributed by atoms with Gasteiger partial charge in [0.05, 0.1) is 16.8 Å². The van der Waals surface area contributed by atoms with Crippen LogP contribution in [-0.4, -0.2) is 46.1 Å². The highest BCUT2D eigenvalue weighted by atomic mass is 16.2. The number of para-hydroxylation sites is 1. The maximum atomic E-state index is 13.0. The summed E-state index contributed by atoms with van der Waals surface area (Å²) in [5.74, 6) is -0.206. The monoisotopic (exact) mass is 387 g/mol. The van der Waals surface area contributed by atoms with Gasteiger partial charge in [-0.05, 0) is 37.2 Å². The Morgan fingerprint density at radius 1 is 1.14 bits per heavy atom. The number of nitrogens with zero attached hydrogens (tertiary/aromatic N) is 4. The molecule has 0 saturated carbocycles. The first kappa shape index (κ1) is 19.2. The van der Waals surface area contributed by atoms with Crippen LogP contribution in [0.15, 0.2) is 60.0 Å². The van der Waals surface area contributed by atoms with Crippen molar-refractivity contribution in [3.05, 3.63) is 60.4 Å². The average molecular weight is 387 g/mol. The van der Waals surface area contributed by atoms with Gasteiger partial charge in [-0.2, -0.15) is 5.10 Å². The van der Waals surface area contributed by atoms with Crippen LogP contribution in [0.2, 0.25) is 0 Å². The highest BCUT2D eigenvalue weighted by molar-refractivity contribution is 6.07. The summed E-state index contributed by atoms with van der Waals surface area (Å²) in [6.45, 7) is 5.34. The first-order chi connectivity index (χ1) is 14.2. The number of hydrazone groups is 1. The normalized spacial score (nSPS) is 14.7. The number of carbonyl (C=O) groups is 1. The van der Waals surface area contributed by atoms with Crippen molar-refractivity contribution in [2.75, 3.05) is 19.6 Å². The summed E-state index contributed by atoms with van der Waals surface area (Å²) < 4.78 is 0. The molecule has 0 bridgehead atoms. The zero-order valence-corrected chi connectivity index (χ0v) is 16.6. The molecule has 0 aliphatic carbocycles. The number of fused-ring (bicyclic) bond motifs is 1. The lowest BCUT2D eigenvalue weighted by atomic mass is 10.0. The van der Waals surface area contributed by atoms with E-state index in [1.807, 2.05) is 42.5 Å². The highest BCUT2D eigenvalue weighted by Crippen LogP contribution is 2.24. The summed E-state index contributed by atoms with van der Waals surface area (Å²) in [4.78, 5) is 24.2. The number of carbonyl (C=O) groups excluding carboxylic acids is 1. The molecule has 148 valence electrons. The molecule has 2 aromatic heterocycles. The number of aromatic nitrogens is 2. The summed E-state index contributed by atoms with van der Waals surface area (Å²) in [5.41, 5.74) is 6.87. The minimum absolute atomic E-state index is 0.206. The van der Waals surface area contributed by atoms with E-state index in [1.54, 1.807) is 12.4 Å². The lowest BCUT2D eigenvalue weighted by molar-refractivity contribution is 0.0956. The Morgan fingerprint density at radius 2 is 1.90 bits per heavy atom. The van der Waals surface area contributed by atoms with Crippen molar-refractivity contribution in [3.63, 3.8) is 0 Å². The van der Waals surface area contributed by atoms with Crippen LogP contribution in [0.1, 0.15) is 36.5 Å². The topological polar surface area (TPSA) is 70.5 Å². The number of rotatable bonds is 5. The van der Waals surface area contributed by atoms with Gasteiger partial charge in [-0.25, -0.2) is 10.4 Å². The SMILES string of the molecule is CCCN1CCC(=NNC(=O)c2cc(-c3ccncc3)nc3ccccc23)CC1. The first-order valence-corrected chi connectivity index (χ1v) is 10.1. The van der Waals surface area contributed by atoms with E-state index in [1.165, 1.54) is 0 Å². The third-order valence-electron chi connectivity index (χ3n) is 5.23. The second-order valence-electron chi connectivity index (χ2n) is 7.27. The Morgan fingerprint density at radius 3 is 2.66 bits per heavy atom. The van der Waals surface area contributed by atoms with Crippen LogP contribution in [0.3, 0.4) is 0 Å². The van der Waals surface area contributed by atoms with Gasteiger partial charge in [-0.15, -0.1) is 0 Å². The van der Waals surface area contributed by atoms with Crippen LogP contribution in [-0.2, 0) is 0 Å². The fourth-order valence-corrected chi connectivity index (χ4v) is 3.69.